The Morgan fingerprint density at radius 2 is 2.04 bits per heavy atom. The number of imidazole rings is 1. The van der Waals surface area contributed by atoms with Crippen LogP contribution in [0.25, 0.3) is 0 Å². The average molecular weight is 359 g/mol. The van der Waals surface area contributed by atoms with E-state index in [2.05, 4.69) is 10.1 Å². The van der Waals surface area contributed by atoms with Crippen LogP contribution in [0.5, 0.6) is 0 Å². The highest BCUT2D eigenvalue weighted by atomic mass is 16.5. The van der Waals surface area contributed by atoms with Crippen LogP contribution in [0.15, 0.2) is 29.2 Å². The summed E-state index contributed by atoms with van der Waals surface area (Å²) in [6.07, 6.45) is 5.65. The van der Waals surface area contributed by atoms with E-state index in [1.54, 1.807) is 36.2 Å². The summed E-state index contributed by atoms with van der Waals surface area (Å²) in [6, 6.07) is 1.56. The first-order valence-corrected chi connectivity index (χ1v) is 8.61. The number of hydrogen-bond acceptors (Lipinski definition) is 6. The highest BCUT2D eigenvalue weighted by Gasteiger charge is 2.48. The van der Waals surface area contributed by atoms with Gasteiger partial charge in [-0.2, -0.15) is 0 Å². The third-order valence-corrected chi connectivity index (χ3v) is 5.08. The molecule has 26 heavy (non-hydrogen) atoms. The van der Waals surface area contributed by atoms with Crippen molar-refractivity contribution in [2.75, 3.05) is 27.2 Å². The van der Waals surface area contributed by atoms with Gasteiger partial charge in [-0.05, 0) is 0 Å². The molecule has 1 spiro atoms. The summed E-state index contributed by atoms with van der Waals surface area (Å²) < 4.78 is 13.2. The van der Waals surface area contributed by atoms with Crippen LogP contribution < -0.4 is 0 Å². The van der Waals surface area contributed by atoms with Crippen molar-refractivity contribution < 1.29 is 18.8 Å². The van der Waals surface area contributed by atoms with Gasteiger partial charge in [-0.15, -0.1) is 0 Å². The van der Waals surface area contributed by atoms with Gasteiger partial charge in [0.25, 0.3) is 11.8 Å². The number of carbonyl (C=O) groups excluding carboxylic acids is 2. The second-order valence-corrected chi connectivity index (χ2v) is 6.91. The Morgan fingerprint density at radius 3 is 2.69 bits per heavy atom. The predicted molar refractivity (Wildman–Crippen MR) is 89.1 cm³/mol. The third kappa shape index (κ3) is 2.68. The number of amides is 2. The number of carbonyl (C=O) groups is 2. The number of piperidine rings is 1. The Kier molecular flexibility index (Phi) is 4.03. The van der Waals surface area contributed by atoms with Crippen molar-refractivity contribution in [1.82, 2.24) is 24.5 Å². The van der Waals surface area contributed by atoms with Gasteiger partial charge >= 0.3 is 0 Å². The predicted octanol–water partition coefficient (Wildman–Crippen LogP) is 0.490. The van der Waals surface area contributed by atoms with Crippen LogP contribution in [0, 0.1) is 0 Å². The number of rotatable bonds is 2. The number of hydrogen-bond donors (Lipinski definition) is 0. The zero-order valence-electron chi connectivity index (χ0n) is 14.8. The summed E-state index contributed by atoms with van der Waals surface area (Å²) in [7, 11) is 3.45. The summed E-state index contributed by atoms with van der Waals surface area (Å²) in [4.78, 5) is 32.7. The fourth-order valence-electron chi connectivity index (χ4n) is 3.71. The molecule has 1 atom stereocenters. The molecule has 0 aromatic carbocycles. The summed E-state index contributed by atoms with van der Waals surface area (Å²) >= 11 is 0. The molecular formula is C17H21N5O4. The minimum absolute atomic E-state index is 0.0658. The SMILES string of the molecule is CN(C)C(=O)C1Cn2ccnc2C2(CCN(C(=O)c3ccno3)CC2)O1. The number of aromatic nitrogens is 3. The molecule has 138 valence electrons. The van der Waals surface area contributed by atoms with Crippen molar-refractivity contribution in [1.29, 1.82) is 0 Å². The number of ether oxygens (including phenoxy) is 1. The van der Waals surface area contributed by atoms with E-state index in [9.17, 15) is 9.59 Å². The number of nitrogens with zero attached hydrogens (tertiary/aromatic N) is 5. The Bertz CT molecular complexity index is 805. The van der Waals surface area contributed by atoms with E-state index in [-0.39, 0.29) is 17.6 Å². The second-order valence-electron chi connectivity index (χ2n) is 6.91. The lowest BCUT2D eigenvalue weighted by Crippen LogP contribution is -2.54. The fraction of sp³-hybridized carbons (Fsp3) is 0.529. The Labute approximate surface area is 150 Å². The van der Waals surface area contributed by atoms with Gasteiger partial charge in [0.15, 0.2) is 6.10 Å². The Hall–Kier alpha value is -2.68. The highest BCUT2D eigenvalue weighted by molar-refractivity contribution is 5.91. The van der Waals surface area contributed by atoms with Gasteiger partial charge in [0.1, 0.15) is 11.4 Å². The molecule has 0 radical (unpaired) electrons. The first-order valence-electron chi connectivity index (χ1n) is 8.61. The monoisotopic (exact) mass is 359 g/mol. The van der Waals surface area contributed by atoms with Gasteiger partial charge < -0.3 is 23.6 Å². The molecule has 2 amide bonds. The van der Waals surface area contributed by atoms with E-state index in [0.29, 0.717) is 32.5 Å². The lowest BCUT2D eigenvalue weighted by molar-refractivity contribution is -0.178. The molecule has 1 unspecified atom stereocenters. The van der Waals surface area contributed by atoms with Crippen LogP contribution in [0.4, 0.5) is 0 Å². The van der Waals surface area contributed by atoms with Crippen molar-refractivity contribution in [2.24, 2.45) is 0 Å². The van der Waals surface area contributed by atoms with E-state index in [4.69, 9.17) is 9.26 Å². The van der Waals surface area contributed by atoms with Gasteiger partial charge in [-0.1, -0.05) is 5.16 Å². The molecule has 4 rings (SSSR count). The number of likely N-dealkylation sites (N-methyl/N-ethyl adjacent to an activating group) is 1. The first kappa shape index (κ1) is 16.8. The molecule has 2 aromatic rings. The van der Waals surface area contributed by atoms with E-state index in [1.165, 1.54) is 6.20 Å². The van der Waals surface area contributed by atoms with Crippen LogP contribution in [-0.4, -0.2) is 69.6 Å². The van der Waals surface area contributed by atoms with Gasteiger partial charge in [-0.25, -0.2) is 4.98 Å². The molecular weight excluding hydrogens is 338 g/mol. The minimum Gasteiger partial charge on any atom is -0.352 e. The van der Waals surface area contributed by atoms with Gasteiger partial charge in [0, 0.05) is 58.5 Å². The molecule has 9 heteroatoms. The van der Waals surface area contributed by atoms with E-state index >= 15 is 0 Å². The van der Waals surface area contributed by atoms with Gasteiger partial charge in [-0.3, -0.25) is 9.59 Å². The molecule has 0 bridgehead atoms. The lowest BCUT2D eigenvalue weighted by Gasteiger charge is -2.45. The van der Waals surface area contributed by atoms with Crippen molar-refractivity contribution >= 4 is 11.8 Å². The van der Waals surface area contributed by atoms with Crippen LogP contribution in [0.3, 0.4) is 0 Å². The van der Waals surface area contributed by atoms with Crippen LogP contribution in [0.1, 0.15) is 29.2 Å². The first-order chi connectivity index (χ1) is 12.5. The van der Waals surface area contributed by atoms with Crippen molar-refractivity contribution in [3.63, 3.8) is 0 Å². The standard InChI is InChI=1S/C17H21N5O4/c1-20(2)14(23)13-11-22-10-7-18-16(22)17(25-13)4-8-21(9-5-17)15(24)12-3-6-19-26-12/h3,6-7,10,13H,4-5,8-9,11H2,1-2H3. The lowest BCUT2D eigenvalue weighted by atomic mass is 9.88. The summed E-state index contributed by atoms with van der Waals surface area (Å²) in [6.45, 7) is 1.44. The van der Waals surface area contributed by atoms with Crippen LogP contribution >= 0.6 is 0 Å². The molecule has 1 fully saturated rings. The number of fused-ring (bicyclic) bond motifs is 2. The topological polar surface area (TPSA) is 93.7 Å². The maximum Gasteiger partial charge on any atom is 0.292 e. The zero-order valence-corrected chi connectivity index (χ0v) is 14.8. The van der Waals surface area contributed by atoms with E-state index in [1.807, 2.05) is 10.8 Å². The Morgan fingerprint density at radius 1 is 1.27 bits per heavy atom. The normalized spacial score (nSPS) is 21.5. The summed E-state index contributed by atoms with van der Waals surface area (Å²) in [5, 5.41) is 3.59. The van der Waals surface area contributed by atoms with Crippen molar-refractivity contribution in [3.05, 3.63) is 36.2 Å². The second kappa shape index (κ2) is 6.24. The van der Waals surface area contributed by atoms with Crippen LogP contribution in [0.2, 0.25) is 0 Å². The quantitative estimate of drug-likeness (QED) is 0.775. The van der Waals surface area contributed by atoms with E-state index < -0.39 is 11.7 Å². The van der Waals surface area contributed by atoms with Gasteiger partial charge in [0.2, 0.25) is 5.76 Å². The maximum absolute atomic E-state index is 12.5. The third-order valence-electron chi connectivity index (χ3n) is 5.08. The summed E-state index contributed by atoms with van der Waals surface area (Å²) in [5.41, 5.74) is -0.656. The molecule has 2 aliphatic heterocycles. The maximum atomic E-state index is 12.5. The number of likely N-dealkylation sites (tertiary alicyclic amines) is 1. The molecule has 0 aliphatic carbocycles. The highest BCUT2D eigenvalue weighted by Crippen LogP contribution is 2.40. The average Bonchev–Trinajstić information content (AvgIpc) is 3.33. The molecule has 9 nitrogen and oxygen atoms in total. The molecule has 4 heterocycles. The van der Waals surface area contributed by atoms with Crippen molar-refractivity contribution in [3.8, 4) is 0 Å². The Balaban J connectivity index is 1.55. The molecule has 0 saturated carbocycles. The summed E-state index contributed by atoms with van der Waals surface area (Å²) in [5.74, 6) is 0.807. The largest absolute Gasteiger partial charge is 0.352 e. The van der Waals surface area contributed by atoms with Crippen molar-refractivity contribution in [2.45, 2.75) is 31.1 Å². The fourth-order valence-corrected chi connectivity index (χ4v) is 3.71. The van der Waals surface area contributed by atoms with Crippen LogP contribution in [-0.2, 0) is 21.7 Å². The molecule has 2 aliphatic rings. The molecule has 0 N–H and O–H groups in total. The smallest absolute Gasteiger partial charge is 0.292 e. The zero-order chi connectivity index (χ0) is 18.3. The molecule has 2 aromatic heterocycles. The van der Waals surface area contributed by atoms with Gasteiger partial charge in [0.05, 0.1) is 12.7 Å². The van der Waals surface area contributed by atoms with E-state index in [0.717, 1.165) is 5.82 Å². The minimum atomic E-state index is -0.656. The molecule has 1 saturated heterocycles.